The molecule has 2 aliphatic heterocycles. The fraction of sp³-hybridized carbons (Fsp3) is 0.278. The van der Waals surface area contributed by atoms with Gasteiger partial charge in [0.1, 0.15) is 11.6 Å². The third-order valence-corrected chi connectivity index (χ3v) is 6.52. The normalized spacial score (nSPS) is 24.2. The molecule has 2 heterocycles. The Kier molecular flexibility index (Phi) is 3.95. The smallest absolute Gasteiger partial charge is 0.314 e. The van der Waals surface area contributed by atoms with Crippen molar-refractivity contribution in [2.75, 3.05) is 16.4 Å². The number of nitrogens with zero attached hydrogens (tertiary/aromatic N) is 2. The molecule has 136 valence electrons. The van der Waals surface area contributed by atoms with E-state index in [1.807, 2.05) is 0 Å². The van der Waals surface area contributed by atoms with Crippen molar-refractivity contribution in [2.45, 2.75) is 18.6 Å². The summed E-state index contributed by atoms with van der Waals surface area (Å²) in [4.78, 5) is 15.9. The Balaban J connectivity index is 1.70. The van der Waals surface area contributed by atoms with Crippen LogP contribution in [0.4, 0.5) is 19.3 Å². The Morgan fingerprint density at radius 1 is 0.962 bits per heavy atom. The van der Waals surface area contributed by atoms with Gasteiger partial charge in [0.25, 0.3) is 0 Å². The first-order chi connectivity index (χ1) is 12.3. The van der Waals surface area contributed by atoms with Gasteiger partial charge in [0, 0.05) is 12.2 Å². The number of fused-ring (bicyclic) bond motifs is 1. The summed E-state index contributed by atoms with van der Waals surface area (Å²) >= 11 is 0. The van der Waals surface area contributed by atoms with Crippen molar-refractivity contribution in [3.63, 3.8) is 0 Å². The van der Waals surface area contributed by atoms with Gasteiger partial charge < -0.3 is 4.90 Å². The largest absolute Gasteiger partial charge is 0.325 e. The maximum Gasteiger partial charge on any atom is 0.325 e. The van der Waals surface area contributed by atoms with Crippen LogP contribution in [0.5, 0.6) is 0 Å². The first-order valence-electron chi connectivity index (χ1n) is 8.14. The van der Waals surface area contributed by atoms with Crippen LogP contribution in [0.1, 0.15) is 5.56 Å². The van der Waals surface area contributed by atoms with E-state index in [4.69, 9.17) is 0 Å². The van der Waals surface area contributed by atoms with E-state index in [0.717, 1.165) is 0 Å². The van der Waals surface area contributed by atoms with Crippen LogP contribution in [0.2, 0.25) is 0 Å². The van der Waals surface area contributed by atoms with E-state index in [-0.39, 0.29) is 24.1 Å². The molecular weight excluding hydrogens is 362 g/mol. The average molecular weight is 378 g/mol. The molecular formula is C18H16F2N2O3S. The highest BCUT2D eigenvalue weighted by Gasteiger charge is 2.53. The first-order valence-corrected chi connectivity index (χ1v) is 9.96. The van der Waals surface area contributed by atoms with E-state index in [2.05, 4.69) is 0 Å². The van der Waals surface area contributed by atoms with Crippen LogP contribution < -0.4 is 4.90 Å². The van der Waals surface area contributed by atoms with Crippen LogP contribution >= 0.6 is 0 Å². The van der Waals surface area contributed by atoms with Crippen LogP contribution in [-0.4, -0.2) is 42.9 Å². The molecule has 0 bridgehead atoms. The molecule has 26 heavy (non-hydrogen) atoms. The summed E-state index contributed by atoms with van der Waals surface area (Å²) in [6.07, 6.45) is 0. The van der Waals surface area contributed by atoms with Crippen LogP contribution in [-0.2, 0) is 16.4 Å². The Hall–Kier alpha value is -2.48. The number of urea groups is 1. The zero-order chi connectivity index (χ0) is 18.5. The molecule has 2 aromatic carbocycles. The molecule has 2 amide bonds. The van der Waals surface area contributed by atoms with Gasteiger partial charge in [-0.15, -0.1) is 0 Å². The predicted molar refractivity (Wildman–Crippen MR) is 92.4 cm³/mol. The van der Waals surface area contributed by atoms with Crippen molar-refractivity contribution in [2.24, 2.45) is 0 Å². The maximum atomic E-state index is 13.5. The van der Waals surface area contributed by atoms with Crippen molar-refractivity contribution >= 4 is 21.6 Å². The van der Waals surface area contributed by atoms with Crippen molar-refractivity contribution < 1.29 is 22.0 Å². The second-order valence-corrected chi connectivity index (χ2v) is 8.75. The summed E-state index contributed by atoms with van der Waals surface area (Å²) in [7, 11) is -3.30. The monoisotopic (exact) mass is 378 g/mol. The average Bonchev–Trinajstić information content (AvgIpc) is 3.00. The third-order valence-electron chi connectivity index (χ3n) is 4.82. The first kappa shape index (κ1) is 17.0. The minimum absolute atomic E-state index is 0.116. The summed E-state index contributed by atoms with van der Waals surface area (Å²) in [5.74, 6) is -1.12. The van der Waals surface area contributed by atoms with E-state index in [0.29, 0.717) is 11.3 Å². The second-order valence-electron chi connectivity index (χ2n) is 6.60. The Labute approximate surface area is 149 Å². The number of anilines is 1. The van der Waals surface area contributed by atoms with Gasteiger partial charge in [-0.25, -0.2) is 22.0 Å². The highest BCUT2D eigenvalue weighted by Crippen LogP contribution is 2.36. The van der Waals surface area contributed by atoms with Gasteiger partial charge in [0.05, 0.1) is 23.6 Å². The summed E-state index contributed by atoms with van der Waals surface area (Å²) in [5.41, 5.74) is 1.03. The second kappa shape index (κ2) is 6.05. The van der Waals surface area contributed by atoms with E-state index in [1.54, 1.807) is 12.1 Å². The molecule has 2 atom stereocenters. The molecule has 2 saturated heterocycles. The Bertz CT molecular complexity index is 963. The van der Waals surface area contributed by atoms with Crippen LogP contribution in [0.25, 0.3) is 0 Å². The number of carbonyl (C=O) groups is 1. The fourth-order valence-electron chi connectivity index (χ4n) is 3.70. The number of carbonyl (C=O) groups excluding carboxylic acids is 1. The molecule has 8 heteroatoms. The van der Waals surface area contributed by atoms with Crippen molar-refractivity contribution in [1.29, 1.82) is 0 Å². The number of rotatable bonds is 3. The zero-order valence-electron chi connectivity index (χ0n) is 13.7. The van der Waals surface area contributed by atoms with Gasteiger partial charge in [-0.1, -0.05) is 12.1 Å². The number of hydrogen-bond donors (Lipinski definition) is 0. The van der Waals surface area contributed by atoms with Gasteiger partial charge >= 0.3 is 6.03 Å². The fourth-order valence-corrected chi connectivity index (χ4v) is 5.65. The van der Waals surface area contributed by atoms with Crippen molar-refractivity contribution in [3.05, 3.63) is 65.7 Å². The van der Waals surface area contributed by atoms with Gasteiger partial charge in [-0.3, -0.25) is 4.90 Å². The molecule has 0 saturated carbocycles. The summed E-state index contributed by atoms with van der Waals surface area (Å²) in [5, 5.41) is 0. The minimum atomic E-state index is -3.30. The maximum absolute atomic E-state index is 13.5. The van der Waals surface area contributed by atoms with Gasteiger partial charge in [0.2, 0.25) is 0 Å². The summed E-state index contributed by atoms with van der Waals surface area (Å²) < 4.78 is 51.0. The molecule has 0 N–H and O–H groups in total. The molecule has 4 rings (SSSR count). The van der Waals surface area contributed by atoms with Crippen molar-refractivity contribution in [1.82, 2.24) is 4.90 Å². The van der Waals surface area contributed by atoms with E-state index >= 15 is 0 Å². The molecule has 0 aromatic heterocycles. The molecule has 0 unspecified atom stereocenters. The van der Waals surface area contributed by atoms with Crippen molar-refractivity contribution in [3.8, 4) is 0 Å². The number of benzene rings is 2. The lowest BCUT2D eigenvalue weighted by Gasteiger charge is -2.22. The highest BCUT2D eigenvalue weighted by atomic mass is 32.2. The molecule has 5 nitrogen and oxygen atoms in total. The van der Waals surface area contributed by atoms with Gasteiger partial charge in [-0.2, -0.15) is 0 Å². The summed E-state index contributed by atoms with van der Waals surface area (Å²) in [6, 6.07) is 9.85. The number of amides is 2. The van der Waals surface area contributed by atoms with E-state index in [9.17, 15) is 22.0 Å². The van der Waals surface area contributed by atoms with E-state index < -0.39 is 33.6 Å². The predicted octanol–water partition coefficient (Wildman–Crippen LogP) is 2.57. The van der Waals surface area contributed by atoms with Crippen LogP contribution in [0.15, 0.2) is 48.5 Å². The lowest BCUT2D eigenvalue weighted by atomic mass is 10.1. The molecule has 0 radical (unpaired) electrons. The Morgan fingerprint density at radius 3 is 2.35 bits per heavy atom. The number of hydrogen-bond acceptors (Lipinski definition) is 3. The zero-order valence-corrected chi connectivity index (χ0v) is 14.5. The van der Waals surface area contributed by atoms with Crippen LogP contribution in [0.3, 0.4) is 0 Å². The number of halogens is 2. The quantitative estimate of drug-likeness (QED) is 0.772. The molecule has 2 aliphatic rings. The molecule has 2 aromatic rings. The lowest BCUT2D eigenvalue weighted by Crippen LogP contribution is -2.37. The topological polar surface area (TPSA) is 57.7 Å². The highest BCUT2D eigenvalue weighted by molar-refractivity contribution is 7.91. The molecule has 2 fully saturated rings. The van der Waals surface area contributed by atoms with Gasteiger partial charge in [-0.05, 0) is 42.0 Å². The number of sulfone groups is 1. The van der Waals surface area contributed by atoms with Gasteiger partial charge in [0.15, 0.2) is 9.84 Å². The lowest BCUT2D eigenvalue weighted by molar-refractivity contribution is 0.206. The van der Waals surface area contributed by atoms with Crippen LogP contribution in [0, 0.1) is 11.6 Å². The van der Waals surface area contributed by atoms with E-state index in [1.165, 1.54) is 46.2 Å². The molecule has 0 aliphatic carbocycles. The Morgan fingerprint density at radius 2 is 1.65 bits per heavy atom. The summed E-state index contributed by atoms with van der Waals surface area (Å²) in [6.45, 7) is 0.116. The third kappa shape index (κ3) is 2.94. The standard InChI is InChI=1S/C18H16F2N2O3S/c19-13-4-6-15(7-5-13)22-17-11-26(24,25)10-16(17)21(18(22)23)9-12-2-1-3-14(20)8-12/h1-8,16-17H,9-11H2/t16-,17-/m1/s1. The minimum Gasteiger partial charge on any atom is -0.314 e. The molecule has 0 spiro atoms. The SMILES string of the molecule is O=C1N(Cc2cccc(F)c2)[C@@H]2CS(=O)(=O)C[C@H]2N1c1ccc(F)cc1.